The maximum atomic E-state index is 5.34. The number of aromatic nitrogens is 4. The normalized spacial score (nSPS) is 12.5. The molecule has 0 spiro atoms. The first-order valence-electron chi connectivity index (χ1n) is 6.36. The van der Waals surface area contributed by atoms with Crippen molar-refractivity contribution in [1.29, 1.82) is 0 Å². The zero-order chi connectivity index (χ0) is 13.5. The average molecular weight is 278 g/mol. The molecule has 0 aliphatic rings. The van der Waals surface area contributed by atoms with Gasteiger partial charge in [-0.25, -0.2) is 0 Å². The second-order valence-corrected chi connectivity index (χ2v) is 5.44. The molecule has 6 heteroatoms. The molecule has 0 radical (unpaired) electrons. The van der Waals surface area contributed by atoms with Crippen LogP contribution < -0.4 is 0 Å². The van der Waals surface area contributed by atoms with Gasteiger partial charge in [-0.2, -0.15) is 4.68 Å². The summed E-state index contributed by atoms with van der Waals surface area (Å²) in [5.74, 6) is 1.81. The first kappa shape index (κ1) is 14.0. The number of ether oxygens (including phenoxy) is 1. The van der Waals surface area contributed by atoms with E-state index in [0.29, 0.717) is 0 Å². The molecule has 2 aromatic rings. The highest BCUT2D eigenvalue weighted by molar-refractivity contribution is 7.99. The van der Waals surface area contributed by atoms with Crippen LogP contribution in [0, 0.1) is 0 Å². The fraction of sp³-hybridized carbons (Fsp3) is 0.462. The van der Waals surface area contributed by atoms with E-state index in [2.05, 4.69) is 22.4 Å². The molecule has 1 unspecified atom stereocenters. The van der Waals surface area contributed by atoms with Crippen molar-refractivity contribution in [3.63, 3.8) is 0 Å². The van der Waals surface area contributed by atoms with Crippen LogP contribution in [0.4, 0.5) is 0 Å². The van der Waals surface area contributed by atoms with Gasteiger partial charge in [0, 0.05) is 12.4 Å². The summed E-state index contributed by atoms with van der Waals surface area (Å²) >= 11 is 1.79. The van der Waals surface area contributed by atoms with Crippen molar-refractivity contribution in [2.45, 2.75) is 19.1 Å². The van der Waals surface area contributed by atoms with Crippen LogP contribution >= 0.6 is 11.8 Å². The number of tetrazole rings is 1. The summed E-state index contributed by atoms with van der Waals surface area (Å²) in [4.78, 5) is 0. The lowest BCUT2D eigenvalue weighted by Gasteiger charge is -2.11. The molecule has 0 aliphatic heterocycles. The van der Waals surface area contributed by atoms with Gasteiger partial charge in [0.1, 0.15) is 0 Å². The van der Waals surface area contributed by atoms with Crippen molar-refractivity contribution in [2.24, 2.45) is 0 Å². The summed E-state index contributed by atoms with van der Waals surface area (Å²) in [6.45, 7) is 5.64. The van der Waals surface area contributed by atoms with E-state index in [1.54, 1.807) is 16.4 Å². The van der Waals surface area contributed by atoms with Crippen LogP contribution in [0.2, 0.25) is 0 Å². The van der Waals surface area contributed by atoms with Crippen molar-refractivity contribution in [2.75, 3.05) is 19.0 Å². The first-order chi connectivity index (χ1) is 9.33. The molecule has 2 rings (SSSR count). The van der Waals surface area contributed by atoms with Crippen molar-refractivity contribution in [1.82, 2.24) is 20.2 Å². The van der Waals surface area contributed by atoms with E-state index in [9.17, 15) is 0 Å². The minimum Gasteiger partial charge on any atom is -0.381 e. The van der Waals surface area contributed by atoms with Crippen LogP contribution in [0.15, 0.2) is 30.3 Å². The monoisotopic (exact) mass is 278 g/mol. The molecule has 1 heterocycles. The molecule has 0 saturated carbocycles. The van der Waals surface area contributed by atoms with Crippen LogP contribution in [0.3, 0.4) is 0 Å². The van der Waals surface area contributed by atoms with Crippen LogP contribution in [0.25, 0.3) is 5.69 Å². The number of rotatable bonds is 7. The van der Waals surface area contributed by atoms with Crippen molar-refractivity contribution in [3.8, 4) is 5.69 Å². The lowest BCUT2D eigenvalue weighted by molar-refractivity contribution is 0.164. The van der Waals surface area contributed by atoms with Gasteiger partial charge < -0.3 is 4.74 Å². The van der Waals surface area contributed by atoms with Crippen LogP contribution in [-0.2, 0) is 4.74 Å². The van der Waals surface area contributed by atoms with Crippen LogP contribution in [0.1, 0.15) is 24.9 Å². The van der Waals surface area contributed by atoms with Gasteiger partial charge >= 0.3 is 0 Å². The van der Waals surface area contributed by atoms with E-state index in [1.807, 2.05) is 37.3 Å². The minimum absolute atomic E-state index is 0.232. The van der Waals surface area contributed by atoms with Gasteiger partial charge in [0.05, 0.1) is 17.5 Å². The molecule has 0 bridgehead atoms. The zero-order valence-electron chi connectivity index (χ0n) is 11.2. The number of thioether (sulfide) groups is 1. The summed E-state index contributed by atoms with van der Waals surface area (Å²) in [7, 11) is 0. The van der Waals surface area contributed by atoms with Crippen molar-refractivity contribution >= 4 is 11.8 Å². The lowest BCUT2D eigenvalue weighted by Crippen LogP contribution is -2.06. The Hall–Kier alpha value is -1.40. The fourth-order valence-electron chi connectivity index (χ4n) is 1.70. The smallest absolute Gasteiger partial charge is 0.169 e. The predicted octanol–water partition coefficient (Wildman–Crippen LogP) is 2.49. The van der Waals surface area contributed by atoms with E-state index in [-0.39, 0.29) is 5.25 Å². The minimum atomic E-state index is 0.232. The number of para-hydroxylation sites is 1. The van der Waals surface area contributed by atoms with Gasteiger partial charge in [-0.3, -0.25) is 0 Å². The van der Waals surface area contributed by atoms with E-state index in [4.69, 9.17) is 4.74 Å². The Labute approximate surface area is 117 Å². The van der Waals surface area contributed by atoms with Gasteiger partial charge in [0.15, 0.2) is 5.82 Å². The predicted molar refractivity (Wildman–Crippen MR) is 76.5 cm³/mol. The maximum absolute atomic E-state index is 5.34. The standard InChI is InChI=1S/C13H18N4OS/c1-3-18-9-10-19-11(2)13-14-15-16-17(13)12-7-5-4-6-8-12/h4-8,11H,3,9-10H2,1-2H3. The quantitative estimate of drug-likeness (QED) is 0.728. The Morgan fingerprint density at radius 3 is 2.84 bits per heavy atom. The Bertz CT molecular complexity index is 488. The summed E-state index contributed by atoms with van der Waals surface area (Å²) in [5.41, 5.74) is 0.986. The molecule has 1 aromatic heterocycles. The average Bonchev–Trinajstić information content (AvgIpc) is 2.94. The van der Waals surface area contributed by atoms with Gasteiger partial charge in [-0.05, 0) is 36.4 Å². The van der Waals surface area contributed by atoms with Gasteiger partial charge in [-0.15, -0.1) is 16.9 Å². The third-order valence-electron chi connectivity index (χ3n) is 2.66. The lowest BCUT2D eigenvalue weighted by atomic mass is 10.3. The molecule has 5 nitrogen and oxygen atoms in total. The molecule has 102 valence electrons. The fourth-order valence-corrected chi connectivity index (χ4v) is 2.57. The van der Waals surface area contributed by atoms with Crippen molar-refractivity contribution < 1.29 is 4.74 Å². The van der Waals surface area contributed by atoms with Crippen LogP contribution in [0.5, 0.6) is 0 Å². The number of hydrogen-bond donors (Lipinski definition) is 0. The van der Waals surface area contributed by atoms with Crippen LogP contribution in [-0.4, -0.2) is 39.2 Å². The number of hydrogen-bond acceptors (Lipinski definition) is 5. The van der Waals surface area contributed by atoms with E-state index >= 15 is 0 Å². The Morgan fingerprint density at radius 2 is 2.11 bits per heavy atom. The topological polar surface area (TPSA) is 52.8 Å². The first-order valence-corrected chi connectivity index (χ1v) is 7.41. The number of benzene rings is 1. The summed E-state index contributed by atoms with van der Waals surface area (Å²) < 4.78 is 7.13. The van der Waals surface area contributed by atoms with Gasteiger partial charge in [0.25, 0.3) is 0 Å². The molecular formula is C13H18N4OS. The number of nitrogens with zero attached hydrogens (tertiary/aromatic N) is 4. The van der Waals surface area contributed by atoms with Gasteiger partial charge in [0.2, 0.25) is 0 Å². The maximum Gasteiger partial charge on any atom is 0.169 e. The molecule has 1 atom stereocenters. The Morgan fingerprint density at radius 1 is 1.32 bits per heavy atom. The zero-order valence-corrected chi connectivity index (χ0v) is 12.0. The third-order valence-corrected chi connectivity index (χ3v) is 3.77. The molecule has 0 N–H and O–H groups in total. The highest BCUT2D eigenvalue weighted by Gasteiger charge is 2.15. The molecule has 0 saturated heterocycles. The van der Waals surface area contributed by atoms with Crippen molar-refractivity contribution in [3.05, 3.63) is 36.2 Å². The third kappa shape index (κ3) is 3.78. The highest BCUT2D eigenvalue weighted by Crippen LogP contribution is 2.27. The summed E-state index contributed by atoms with van der Waals surface area (Å²) in [6, 6.07) is 9.93. The second kappa shape index (κ2) is 7.25. The SMILES string of the molecule is CCOCCSC(C)c1nnnn1-c1ccccc1. The molecule has 0 aliphatic carbocycles. The Kier molecular flexibility index (Phi) is 5.35. The molecule has 0 amide bonds. The highest BCUT2D eigenvalue weighted by atomic mass is 32.2. The van der Waals surface area contributed by atoms with Gasteiger partial charge in [-0.1, -0.05) is 18.2 Å². The molecule has 1 aromatic carbocycles. The largest absolute Gasteiger partial charge is 0.381 e. The summed E-state index contributed by atoms with van der Waals surface area (Å²) in [5, 5.41) is 12.2. The Balaban J connectivity index is 2.03. The second-order valence-electron chi connectivity index (χ2n) is 3.99. The van der Waals surface area contributed by atoms with E-state index in [0.717, 1.165) is 30.5 Å². The molecule has 19 heavy (non-hydrogen) atoms. The summed E-state index contributed by atoms with van der Waals surface area (Å²) in [6.07, 6.45) is 0. The molecular weight excluding hydrogens is 260 g/mol. The van der Waals surface area contributed by atoms with E-state index < -0.39 is 0 Å². The molecule has 0 fully saturated rings. The van der Waals surface area contributed by atoms with E-state index in [1.165, 1.54) is 0 Å².